The van der Waals surface area contributed by atoms with E-state index in [0.717, 1.165) is 10.2 Å². The van der Waals surface area contributed by atoms with Gasteiger partial charge in [0.15, 0.2) is 0 Å². The third-order valence-corrected chi connectivity index (χ3v) is 5.26. The van der Waals surface area contributed by atoms with Gasteiger partial charge in [0.25, 0.3) is 0 Å². The van der Waals surface area contributed by atoms with Gasteiger partial charge < -0.3 is 10.1 Å². The maximum Gasteiger partial charge on any atom is 0.234 e. The number of carbonyl (C=O) groups is 1. The lowest BCUT2D eigenvalue weighted by atomic mass is 10.3. The summed E-state index contributed by atoms with van der Waals surface area (Å²) >= 11 is 10.5. The third kappa shape index (κ3) is 6.25. The molecule has 6 nitrogen and oxygen atoms in total. The molecule has 0 unspecified atom stereocenters. The van der Waals surface area contributed by atoms with Gasteiger partial charge in [0.2, 0.25) is 17.0 Å². The Balaban J connectivity index is 1.59. The number of rotatable bonds is 5. The Kier molecular flexibility index (Phi) is 7.36. The SMILES string of the molecule is CCN1CC(Oc2ccc(Cl)cc2)=NC(SCC(=O)Nc2ccc(Br)cc2)=N1. The van der Waals surface area contributed by atoms with Gasteiger partial charge in [-0.05, 0) is 55.5 Å². The minimum Gasteiger partial charge on any atom is -0.441 e. The molecule has 0 atom stereocenters. The summed E-state index contributed by atoms with van der Waals surface area (Å²) in [5, 5.41) is 10.3. The predicted molar refractivity (Wildman–Crippen MR) is 119 cm³/mol. The summed E-state index contributed by atoms with van der Waals surface area (Å²) < 4.78 is 6.79. The van der Waals surface area contributed by atoms with Crippen LogP contribution < -0.4 is 10.1 Å². The van der Waals surface area contributed by atoms with Gasteiger partial charge in [-0.1, -0.05) is 39.3 Å². The van der Waals surface area contributed by atoms with Gasteiger partial charge in [-0.3, -0.25) is 9.80 Å². The summed E-state index contributed by atoms with van der Waals surface area (Å²) in [4.78, 5) is 16.6. The first-order valence-corrected chi connectivity index (χ1v) is 10.7. The molecule has 1 heterocycles. The van der Waals surface area contributed by atoms with E-state index in [2.05, 4.69) is 31.3 Å². The van der Waals surface area contributed by atoms with E-state index in [4.69, 9.17) is 16.3 Å². The van der Waals surface area contributed by atoms with Crippen LogP contribution in [0.1, 0.15) is 6.92 Å². The number of aliphatic imine (C=N–C) groups is 1. The van der Waals surface area contributed by atoms with Crippen LogP contribution in [0.5, 0.6) is 5.75 Å². The number of nitrogens with one attached hydrogen (secondary N) is 1. The number of likely N-dealkylation sites (N-methyl/N-ethyl adjacent to an activating group) is 1. The fourth-order valence-corrected chi connectivity index (χ4v) is 3.34. The number of halogens is 2. The van der Waals surface area contributed by atoms with Crippen molar-refractivity contribution < 1.29 is 9.53 Å². The van der Waals surface area contributed by atoms with Gasteiger partial charge in [-0.25, -0.2) is 0 Å². The van der Waals surface area contributed by atoms with Crippen LogP contribution >= 0.6 is 39.3 Å². The summed E-state index contributed by atoms with van der Waals surface area (Å²) in [7, 11) is 0. The van der Waals surface area contributed by atoms with E-state index in [1.807, 2.05) is 36.2 Å². The smallest absolute Gasteiger partial charge is 0.234 e. The summed E-state index contributed by atoms with van der Waals surface area (Å²) in [5.74, 6) is 1.25. The molecule has 0 saturated heterocycles. The van der Waals surface area contributed by atoms with Gasteiger partial charge in [0.1, 0.15) is 12.3 Å². The number of amides is 1. The highest BCUT2D eigenvalue weighted by Crippen LogP contribution is 2.19. The molecule has 146 valence electrons. The second kappa shape index (κ2) is 9.95. The first kappa shape index (κ1) is 20.7. The average Bonchev–Trinajstić information content (AvgIpc) is 2.70. The molecule has 0 aliphatic carbocycles. The average molecular weight is 482 g/mol. The Hall–Kier alpha value is -2.03. The van der Waals surface area contributed by atoms with Crippen LogP contribution in [0.25, 0.3) is 0 Å². The van der Waals surface area contributed by atoms with E-state index in [0.29, 0.717) is 34.9 Å². The van der Waals surface area contributed by atoms with Gasteiger partial charge >= 0.3 is 0 Å². The van der Waals surface area contributed by atoms with Crippen molar-refractivity contribution in [3.8, 4) is 5.75 Å². The largest absolute Gasteiger partial charge is 0.441 e. The zero-order chi connectivity index (χ0) is 19.9. The summed E-state index contributed by atoms with van der Waals surface area (Å²) in [6.07, 6.45) is 0. The van der Waals surface area contributed by atoms with E-state index < -0.39 is 0 Å². The van der Waals surface area contributed by atoms with Crippen molar-refractivity contribution in [1.29, 1.82) is 0 Å². The van der Waals surface area contributed by atoms with Crippen LogP contribution in [-0.4, -0.2) is 40.8 Å². The lowest BCUT2D eigenvalue weighted by molar-refractivity contribution is -0.113. The Labute approximate surface area is 181 Å². The quantitative estimate of drug-likeness (QED) is 0.662. The summed E-state index contributed by atoms with van der Waals surface area (Å²) in [5.41, 5.74) is 0.741. The molecule has 0 radical (unpaired) electrons. The minimum atomic E-state index is -0.126. The second-order valence-corrected chi connectivity index (χ2v) is 8.06. The Bertz CT molecular complexity index is 888. The van der Waals surface area contributed by atoms with Crippen LogP contribution in [0.3, 0.4) is 0 Å². The molecule has 1 amide bonds. The molecule has 0 fully saturated rings. The fourth-order valence-electron chi connectivity index (χ4n) is 2.27. The molecule has 2 aromatic rings. The highest BCUT2D eigenvalue weighted by Gasteiger charge is 2.17. The van der Waals surface area contributed by atoms with Crippen molar-refractivity contribution in [3.05, 3.63) is 58.0 Å². The number of hydrogen-bond acceptors (Lipinski definition) is 6. The van der Waals surface area contributed by atoms with Crippen molar-refractivity contribution >= 4 is 62.0 Å². The van der Waals surface area contributed by atoms with Crippen LogP contribution in [0.15, 0.2) is 63.1 Å². The molecular weight excluding hydrogens is 464 g/mol. The maximum atomic E-state index is 12.2. The zero-order valence-corrected chi connectivity index (χ0v) is 18.2. The predicted octanol–water partition coefficient (Wildman–Crippen LogP) is 4.86. The third-order valence-electron chi connectivity index (χ3n) is 3.64. The number of nitrogens with zero attached hydrogens (tertiary/aromatic N) is 3. The van der Waals surface area contributed by atoms with E-state index in [-0.39, 0.29) is 11.7 Å². The molecule has 9 heteroatoms. The Morgan fingerprint density at radius 1 is 1.25 bits per heavy atom. The van der Waals surface area contributed by atoms with Crippen LogP contribution in [0, 0.1) is 0 Å². The van der Waals surface area contributed by atoms with E-state index in [9.17, 15) is 4.79 Å². The Morgan fingerprint density at radius 2 is 1.96 bits per heavy atom. The Morgan fingerprint density at radius 3 is 2.64 bits per heavy atom. The second-order valence-electron chi connectivity index (χ2n) is 5.77. The molecule has 1 N–H and O–H groups in total. The normalized spacial score (nSPS) is 13.6. The maximum absolute atomic E-state index is 12.2. The number of benzene rings is 2. The van der Waals surface area contributed by atoms with Gasteiger partial charge in [-0.2, -0.15) is 4.99 Å². The molecular formula is C19H18BrClN4O2S. The summed E-state index contributed by atoms with van der Waals surface area (Å²) in [6, 6.07) is 14.5. The first-order valence-electron chi connectivity index (χ1n) is 8.54. The lowest BCUT2D eigenvalue weighted by Gasteiger charge is -2.23. The number of ether oxygens (including phenoxy) is 1. The van der Waals surface area contributed by atoms with Crippen molar-refractivity contribution in [2.45, 2.75) is 6.92 Å². The summed E-state index contributed by atoms with van der Waals surface area (Å²) in [6.45, 7) is 3.17. The fraction of sp³-hybridized carbons (Fsp3) is 0.211. The molecule has 0 spiro atoms. The number of carbonyl (C=O) groups excluding carboxylic acids is 1. The molecule has 0 saturated carbocycles. The first-order chi connectivity index (χ1) is 13.5. The zero-order valence-electron chi connectivity index (χ0n) is 15.1. The van der Waals surface area contributed by atoms with Crippen LogP contribution in [-0.2, 0) is 4.79 Å². The molecule has 1 aliphatic heterocycles. The molecule has 0 aromatic heterocycles. The van der Waals surface area contributed by atoms with Crippen molar-refractivity contribution in [2.24, 2.45) is 10.1 Å². The van der Waals surface area contributed by atoms with E-state index in [1.54, 1.807) is 24.3 Å². The highest BCUT2D eigenvalue weighted by atomic mass is 79.9. The van der Waals surface area contributed by atoms with E-state index >= 15 is 0 Å². The number of thioether (sulfide) groups is 1. The number of amidine groups is 1. The monoisotopic (exact) mass is 480 g/mol. The van der Waals surface area contributed by atoms with Crippen LogP contribution in [0.4, 0.5) is 5.69 Å². The van der Waals surface area contributed by atoms with Crippen molar-refractivity contribution in [2.75, 3.05) is 24.2 Å². The van der Waals surface area contributed by atoms with Gasteiger partial charge in [0.05, 0.1) is 5.75 Å². The van der Waals surface area contributed by atoms with Crippen molar-refractivity contribution in [1.82, 2.24) is 5.01 Å². The minimum absolute atomic E-state index is 0.126. The standard InChI is InChI=1S/C19H18BrClN4O2S/c1-2-25-11-18(27-16-9-5-14(21)6-10-16)23-19(24-25)28-12-17(26)22-15-7-3-13(20)4-8-15/h3-10H,2,11-12H2,1H3,(H,22,26). The lowest BCUT2D eigenvalue weighted by Crippen LogP contribution is -2.33. The highest BCUT2D eigenvalue weighted by molar-refractivity contribution is 9.10. The molecule has 0 bridgehead atoms. The van der Waals surface area contributed by atoms with Crippen molar-refractivity contribution in [3.63, 3.8) is 0 Å². The molecule has 2 aromatic carbocycles. The van der Waals surface area contributed by atoms with E-state index in [1.165, 1.54) is 11.8 Å². The molecule has 28 heavy (non-hydrogen) atoms. The number of hydrogen-bond donors (Lipinski definition) is 1. The molecule has 3 rings (SSSR count). The number of anilines is 1. The van der Waals surface area contributed by atoms with Gasteiger partial charge in [-0.15, -0.1) is 5.10 Å². The molecule has 1 aliphatic rings. The van der Waals surface area contributed by atoms with Gasteiger partial charge in [0, 0.05) is 21.7 Å². The van der Waals surface area contributed by atoms with Crippen LogP contribution in [0.2, 0.25) is 5.02 Å². The topological polar surface area (TPSA) is 66.3 Å². The number of hydrazone groups is 1.